The van der Waals surface area contributed by atoms with Gasteiger partial charge in [-0.15, -0.1) is 0 Å². The summed E-state index contributed by atoms with van der Waals surface area (Å²) in [6, 6.07) is 0. The third-order valence-corrected chi connectivity index (χ3v) is 9.07. The van der Waals surface area contributed by atoms with E-state index in [0.29, 0.717) is 25.7 Å². The lowest BCUT2D eigenvalue weighted by molar-refractivity contribution is -0.296. The number of rotatable bonds is 18. The van der Waals surface area contributed by atoms with Crippen molar-refractivity contribution >= 4 is 6.16 Å². The van der Waals surface area contributed by atoms with Gasteiger partial charge in [0.15, 0.2) is 0 Å². The van der Waals surface area contributed by atoms with Crippen LogP contribution in [-0.2, 0) is 19.1 Å². The summed E-state index contributed by atoms with van der Waals surface area (Å²) in [6.07, 6.45) is 16.8. The van der Waals surface area contributed by atoms with Gasteiger partial charge in [0.2, 0.25) is 0 Å². The van der Waals surface area contributed by atoms with Gasteiger partial charge in [-0.25, -0.2) is 4.79 Å². The van der Waals surface area contributed by atoms with Crippen molar-refractivity contribution < 1.29 is 23.9 Å². The molecule has 0 saturated carbocycles. The molecule has 0 spiro atoms. The number of hydroxylamine groups is 4. The number of hydrogen-bond donors (Lipinski definition) is 0. The first kappa shape index (κ1) is 37.3. The lowest BCUT2D eigenvalue weighted by atomic mass is 9.80. The Morgan fingerprint density at radius 1 is 0.524 bits per heavy atom. The first-order chi connectivity index (χ1) is 19.6. The van der Waals surface area contributed by atoms with E-state index in [1.165, 1.54) is 64.2 Å². The minimum Gasteiger partial charge on any atom is -0.431 e. The number of nitrogens with zero attached hydrogens (tertiary/aromatic N) is 2. The van der Waals surface area contributed by atoms with Crippen LogP contribution in [0.15, 0.2) is 0 Å². The van der Waals surface area contributed by atoms with Crippen molar-refractivity contribution in [1.82, 2.24) is 10.1 Å². The smallest absolute Gasteiger partial charge is 0.431 e. The minimum absolute atomic E-state index is 0.210. The normalized spacial score (nSPS) is 22.7. The maximum atomic E-state index is 13.1. The van der Waals surface area contributed by atoms with Crippen molar-refractivity contribution in [3.63, 3.8) is 0 Å². The van der Waals surface area contributed by atoms with E-state index in [9.17, 15) is 4.79 Å². The number of ether oxygens (including phenoxy) is 2. The molecule has 7 heteroatoms. The molecule has 0 unspecified atom stereocenters. The Bertz CT molecular complexity index is 683. The third-order valence-electron chi connectivity index (χ3n) is 9.07. The van der Waals surface area contributed by atoms with Gasteiger partial charge in [-0.05, 0) is 68.2 Å². The first-order valence-electron chi connectivity index (χ1n) is 17.4. The molecule has 0 atom stereocenters. The quantitative estimate of drug-likeness (QED) is 0.115. The summed E-state index contributed by atoms with van der Waals surface area (Å²) in [5, 5.41) is 4.31. The molecule has 2 heterocycles. The molecule has 7 nitrogen and oxygen atoms in total. The van der Waals surface area contributed by atoms with Crippen LogP contribution in [0.3, 0.4) is 0 Å². The Balaban J connectivity index is 1.84. The van der Waals surface area contributed by atoms with Crippen LogP contribution >= 0.6 is 0 Å². The molecule has 0 radical (unpaired) electrons. The van der Waals surface area contributed by atoms with E-state index < -0.39 is 6.16 Å². The summed E-state index contributed by atoms with van der Waals surface area (Å²) in [7, 11) is 0. The van der Waals surface area contributed by atoms with Crippen molar-refractivity contribution in [2.45, 2.75) is 206 Å². The fourth-order valence-corrected chi connectivity index (χ4v) is 7.59. The van der Waals surface area contributed by atoms with E-state index in [-0.39, 0.29) is 34.4 Å². The fraction of sp³-hybridized carbons (Fsp3) is 0.971. The summed E-state index contributed by atoms with van der Waals surface area (Å²) in [6.45, 7) is 23.4. The minimum atomic E-state index is -0.550. The topological polar surface area (TPSA) is 60.5 Å². The van der Waals surface area contributed by atoms with Crippen molar-refractivity contribution in [1.29, 1.82) is 0 Å². The van der Waals surface area contributed by atoms with Gasteiger partial charge in [0, 0.05) is 47.8 Å². The molecular weight excluding hydrogens is 528 g/mol. The largest absolute Gasteiger partial charge is 0.508 e. The van der Waals surface area contributed by atoms with Gasteiger partial charge >= 0.3 is 6.16 Å². The molecule has 2 aliphatic rings. The number of carbonyl (C=O) groups excluding carboxylic acids is 1. The molecule has 2 aliphatic heterocycles. The van der Waals surface area contributed by atoms with Gasteiger partial charge in [-0.1, -0.05) is 78.1 Å². The molecule has 42 heavy (non-hydrogen) atoms. The Hall–Kier alpha value is -0.890. The lowest BCUT2D eigenvalue weighted by Crippen LogP contribution is -2.62. The third kappa shape index (κ3) is 11.9. The van der Waals surface area contributed by atoms with Gasteiger partial charge in [0.1, 0.15) is 12.2 Å². The lowest BCUT2D eigenvalue weighted by Gasteiger charge is -2.54. The molecule has 0 N–H and O–H groups in total. The van der Waals surface area contributed by atoms with Crippen LogP contribution in [0.2, 0.25) is 0 Å². The summed E-state index contributed by atoms with van der Waals surface area (Å²) >= 11 is 0. The van der Waals surface area contributed by atoms with Crippen LogP contribution in [0.4, 0.5) is 4.79 Å². The standard InChI is InChI=1S/C35H68N2O5/c1-11-13-15-17-19-21-23-39-36-32(3,4)25-29(26-33(36,5)6)41-31(38)42-30-27-34(7,8)37(35(9,10)28-30)40-24-22-20-18-16-14-12-2/h29-30H,11-28H2,1-10H3. The molecule has 0 aromatic heterocycles. The second-order valence-corrected chi connectivity index (χ2v) is 15.6. The van der Waals surface area contributed by atoms with Crippen LogP contribution in [0.25, 0.3) is 0 Å². The van der Waals surface area contributed by atoms with Gasteiger partial charge in [0.05, 0.1) is 13.2 Å². The molecule has 2 saturated heterocycles. The molecule has 0 aliphatic carbocycles. The zero-order valence-corrected chi connectivity index (χ0v) is 29.3. The van der Waals surface area contributed by atoms with E-state index in [1.807, 2.05) is 0 Å². The predicted molar refractivity (Wildman–Crippen MR) is 172 cm³/mol. The Morgan fingerprint density at radius 2 is 0.810 bits per heavy atom. The monoisotopic (exact) mass is 597 g/mol. The van der Waals surface area contributed by atoms with Crippen LogP contribution in [0, 0.1) is 0 Å². The molecule has 2 rings (SSSR count). The van der Waals surface area contributed by atoms with Gasteiger partial charge < -0.3 is 9.47 Å². The van der Waals surface area contributed by atoms with Gasteiger partial charge in [-0.3, -0.25) is 9.68 Å². The maximum absolute atomic E-state index is 13.1. The highest BCUT2D eigenvalue weighted by Gasteiger charge is 2.50. The number of carbonyl (C=O) groups is 1. The maximum Gasteiger partial charge on any atom is 0.508 e. The highest BCUT2D eigenvalue weighted by molar-refractivity contribution is 5.60. The van der Waals surface area contributed by atoms with Crippen molar-refractivity contribution in [3.8, 4) is 0 Å². The molecule has 2 fully saturated rings. The van der Waals surface area contributed by atoms with Crippen molar-refractivity contribution in [3.05, 3.63) is 0 Å². The van der Waals surface area contributed by atoms with Crippen LogP contribution in [-0.4, -0.2) is 63.9 Å². The highest BCUT2D eigenvalue weighted by Crippen LogP contribution is 2.42. The Morgan fingerprint density at radius 3 is 1.12 bits per heavy atom. The molecule has 0 aromatic rings. The zero-order chi connectivity index (χ0) is 31.4. The molecular formula is C35H68N2O5. The molecule has 0 amide bonds. The summed E-state index contributed by atoms with van der Waals surface area (Å²) in [5.74, 6) is 0. The number of hydrogen-bond acceptors (Lipinski definition) is 7. The predicted octanol–water partition coefficient (Wildman–Crippen LogP) is 9.77. The summed E-state index contributed by atoms with van der Waals surface area (Å²) < 4.78 is 12.0. The average molecular weight is 597 g/mol. The number of piperidine rings is 2. The Kier molecular flexibility index (Phi) is 15.1. The summed E-state index contributed by atoms with van der Waals surface area (Å²) in [4.78, 5) is 25.8. The average Bonchev–Trinajstić information content (AvgIpc) is 2.84. The van der Waals surface area contributed by atoms with E-state index in [1.54, 1.807) is 0 Å². The highest BCUT2D eigenvalue weighted by atomic mass is 16.7. The van der Waals surface area contributed by atoms with Gasteiger partial charge in [0.25, 0.3) is 0 Å². The van der Waals surface area contributed by atoms with E-state index in [2.05, 4.69) is 79.4 Å². The van der Waals surface area contributed by atoms with E-state index in [0.717, 1.165) is 26.1 Å². The van der Waals surface area contributed by atoms with Crippen LogP contribution in [0.1, 0.15) is 172 Å². The van der Waals surface area contributed by atoms with E-state index in [4.69, 9.17) is 19.1 Å². The van der Waals surface area contributed by atoms with Crippen molar-refractivity contribution in [2.75, 3.05) is 13.2 Å². The molecule has 248 valence electrons. The fourth-order valence-electron chi connectivity index (χ4n) is 7.59. The second kappa shape index (κ2) is 17.0. The first-order valence-corrected chi connectivity index (χ1v) is 17.4. The van der Waals surface area contributed by atoms with Gasteiger partial charge in [-0.2, -0.15) is 10.1 Å². The Labute approximate surface area is 259 Å². The van der Waals surface area contributed by atoms with E-state index >= 15 is 0 Å². The molecule has 0 aromatic carbocycles. The number of unbranched alkanes of at least 4 members (excludes halogenated alkanes) is 10. The molecule has 0 bridgehead atoms. The summed E-state index contributed by atoms with van der Waals surface area (Å²) in [5.41, 5.74) is -1.01. The zero-order valence-electron chi connectivity index (χ0n) is 29.3. The van der Waals surface area contributed by atoms with Crippen molar-refractivity contribution in [2.24, 2.45) is 0 Å². The van der Waals surface area contributed by atoms with Crippen LogP contribution < -0.4 is 0 Å². The second-order valence-electron chi connectivity index (χ2n) is 15.6. The SMILES string of the molecule is CCCCCCCCON1C(C)(C)CC(OC(=O)OC2CC(C)(C)N(OCCCCCCCC)C(C)(C)C2)CC1(C)C. The van der Waals surface area contributed by atoms with Crippen LogP contribution in [0.5, 0.6) is 0 Å².